The minimum Gasteiger partial charge on any atom is -0.497 e. The van der Waals surface area contributed by atoms with Gasteiger partial charge in [-0.3, -0.25) is 4.79 Å². The van der Waals surface area contributed by atoms with Crippen LogP contribution in [0.4, 0.5) is 0 Å². The second kappa shape index (κ2) is 9.95. The molecule has 2 aromatic carbocycles. The van der Waals surface area contributed by atoms with Crippen LogP contribution in [0.25, 0.3) is 11.3 Å². The van der Waals surface area contributed by atoms with E-state index in [1.54, 1.807) is 75.0 Å². The van der Waals surface area contributed by atoms with Crippen molar-refractivity contribution in [3.05, 3.63) is 83.9 Å². The van der Waals surface area contributed by atoms with Crippen molar-refractivity contribution in [3.63, 3.8) is 0 Å². The van der Waals surface area contributed by atoms with Crippen LogP contribution in [0.5, 0.6) is 17.2 Å². The van der Waals surface area contributed by atoms with E-state index in [0.717, 1.165) is 5.56 Å². The summed E-state index contributed by atoms with van der Waals surface area (Å²) in [5, 5.41) is 4.18. The second-order valence-corrected chi connectivity index (χ2v) is 7.22. The molecule has 2 heterocycles. The Hall–Kier alpha value is -4.20. The first-order valence-electron chi connectivity index (χ1n) is 10.2. The number of nitrogens with zero attached hydrogens (tertiary/aromatic N) is 2. The molecule has 0 radical (unpaired) electrons. The fourth-order valence-electron chi connectivity index (χ4n) is 3.44. The average Bonchev–Trinajstić information content (AvgIpc) is 3.55. The minimum atomic E-state index is -0.183. The van der Waals surface area contributed by atoms with Crippen molar-refractivity contribution in [2.45, 2.75) is 13.1 Å². The second-order valence-electron chi connectivity index (χ2n) is 7.22. The normalized spacial score (nSPS) is 10.6. The van der Waals surface area contributed by atoms with E-state index in [9.17, 15) is 4.79 Å². The summed E-state index contributed by atoms with van der Waals surface area (Å²) in [4.78, 5) is 15.0. The van der Waals surface area contributed by atoms with Crippen molar-refractivity contribution in [1.29, 1.82) is 0 Å². The Balaban J connectivity index is 1.61. The van der Waals surface area contributed by atoms with Crippen LogP contribution < -0.4 is 14.2 Å². The van der Waals surface area contributed by atoms with Crippen LogP contribution >= 0.6 is 0 Å². The molecule has 4 aromatic rings. The van der Waals surface area contributed by atoms with Crippen LogP contribution in [-0.2, 0) is 13.1 Å². The molecule has 0 saturated heterocycles. The maximum absolute atomic E-state index is 13.3. The number of rotatable bonds is 9. The standard InChI is InChI=1S/C25H24N2O6/c1-29-19-7-4-6-17(12-19)25(28)27(16-21-8-5-11-32-21)15-18-13-24(33-26-18)22-10-9-20(30-2)14-23(22)31-3/h4-14H,15-16H2,1-3H3. The maximum atomic E-state index is 13.3. The van der Waals surface area contributed by atoms with E-state index in [1.165, 1.54) is 0 Å². The molecule has 0 spiro atoms. The summed E-state index contributed by atoms with van der Waals surface area (Å²) in [5.41, 5.74) is 1.82. The van der Waals surface area contributed by atoms with E-state index >= 15 is 0 Å². The van der Waals surface area contributed by atoms with Gasteiger partial charge in [0.15, 0.2) is 5.76 Å². The van der Waals surface area contributed by atoms with Crippen LogP contribution in [0, 0.1) is 0 Å². The summed E-state index contributed by atoms with van der Waals surface area (Å²) in [6, 6.07) is 17.8. The molecule has 0 saturated carbocycles. The third-order valence-corrected chi connectivity index (χ3v) is 5.12. The summed E-state index contributed by atoms with van der Waals surface area (Å²) in [7, 11) is 4.73. The highest BCUT2D eigenvalue weighted by atomic mass is 16.5. The molecule has 0 aliphatic heterocycles. The van der Waals surface area contributed by atoms with Gasteiger partial charge in [0.1, 0.15) is 28.7 Å². The average molecular weight is 448 g/mol. The predicted molar refractivity (Wildman–Crippen MR) is 120 cm³/mol. The number of carbonyl (C=O) groups is 1. The number of hydrogen-bond acceptors (Lipinski definition) is 7. The smallest absolute Gasteiger partial charge is 0.254 e. The lowest BCUT2D eigenvalue weighted by molar-refractivity contribution is 0.0713. The van der Waals surface area contributed by atoms with Gasteiger partial charge in [0.2, 0.25) is 0 Å². The zero-order valence-electron chi connectivity index (χ0n) is 18.6. The van der Waals surface area contributed by atoms with Crippen molar-refractivity contribution in [2.24, 2.45) is 0 Å². The van der Waals surface area contributed by atoms with Crippen molar-refractivity contribution >= 4 is 5.91 Å². The lowest BCUT2D eigenvalue weighted by Gasteiger charge is -2.21. The third-order valence-electron chi connectivity index (χ3n) is 5.12. The summed E-state index contributed by atoms with van der Waals surface area (Å²) in [6.45, 7) is 0.496. The van der Waals surface area contributed by atoms with Crippen molar-refractivity contribution in [2.75, 3.05) is 21.3 Å². The SMILES string of the molecule is COc1cccc(C(=O)N(Cc2cc(-c3ccc(OC)cc3OC)on2)Cc2ccco2)c1. The first-order chi connectivity index (χ1) is 16.1. The number of amides is 1. The molecule has 0 aliphatic rings. The molecular formula is C25H24N2O6. The summed E-state index contributed by atoms with van der Waals surface area (Å²) >= 11 is 0. The molecule has 8 nitrogen and oxygen atoms in total. The Kier molecular flexibility index (Phi) is 6.64. The molecule has 33 heavy (non-hydrogen) atoms. The number of aromatic nitrogens is 1. The van der Waals surface area contributed by atoms with Crippen LogP contribution in [0.15, 0.2) is 75.9 Å². The zero-order valence-corrected chi connectivity index (χ0v) is 18.6. The Morgan fingerprint density at radius 2 is 1.73 bits per heavy atom. The number of benzene rings is 2. The topological polar surface area (TPSA) is 87.2 Å². The van der Waals surface area contributed by atoms with Gasteiger partial charge in [0.05, 0.1) is 46.2 Å². The summed E-state index contributed by atoms with van der Waals surface area (Å²) < 4.78 is 27.0. The fraction of sp³-hybridized carbons (Fsp3) is 0.200. The zero-order chi connectivity index (χ0) is 23.2. The highest BCUT2D eigenvalue weighted by Crippen LogP contribution is 2.34. The van der Waals surface area contributed by atoms with Gasteiger partial charge < -0.3 is 28.1 Å². The number of ether oxygens (including phenoxy) is 3. The van der Waals surface area contributed by atoms with Gasteiger partial charge in [-0.2, -0.15) is 0 Å². The molecular weight excluding hydrogens is 424 g/mol. The molecule has 0 unspecified atom stereocenters. The first kappa shape index (κ1) is 22.0. The van der Waals surface area contributed by atoms with Gasteiger partial charge in [0.25, 0.3) is 5.91 Å². The van der Waals surface area contributed by atoms with Crippen LogP contribution in [0.1, 0.15) is 21.8 Å². The van der Waals surface area contributed by atoms with Gasteiger partial charge in [-0.1, -0.05) is 11.2 Å². The molecule has 8 heteroatoms. The molecule has 0 aliphatic carbocycles. The fourth-order valence-corrected chi connectivity index (χ4v) is 3.44. The van der Waals surface area contributed by atoms with Gasteiger partial charge in [0, 0.05) is 17.7 Å². The number of furan rings is 1. The van der Waals surface area contributed by atoms with Crippen LogP contribution in [0.3, 0.4) is 0 Å². The Morgan fingerprint density at radius 3 is 2.45 bits per heavy atom. The van der Waals surface area contributed by atoms with Gasteiger partial charge in [-0.05, 0) is 42.5 Å². The Morgan fingerprint density at radius 1 is 0.909 bits per heavy atom. The lowest BCUT2D eigenvalue weighted by atomic mass is 10.1. The van der Waals surface area contributed by atoms with E-state index in [1.807, 2.05) is 18.2 Å². The highest BCUT2D eigenvalue weighted by molar-refractivity contribution is 5.94. The van der Waals surface area contributed by atoms with Gasteiger partial charge in [-0.15, -0.1) is 0 Å². The van der Waals surface area contributed by atoms with E-state index in [2.05, 4.69) is 5.16 Å². The molecule has 0 atom stereocenters. The minimum absolute atomic E-state index is 0.183. The third kappa shape index (κ3) is 5.01. The van der Waals surface area contributed by atoms with E-state index in [-0.39, 0.29) is 19.0 Å². The molecule has 1 amide bonds. The van der Waals surface area contributed by atoms with Crippen molar-refractivity contribution in [3.8, 4) is 28.6 Å². The number of carbonyl (C=O) groups excluding carboxylic acids is 1. The molecule has 0 fully saturated rings. The molecule has 0 bridgehead atoms. The molecule has 2 aromatic heterocycles. The number of methoxy groups -OCH3 is 3. The lowest BCUT2D eigenvalue weighted by Crippen LogP contribution is -2.30. The highest BCUT2D eigenvalue weighted by Gasteiger charge is 2.21. The van der Waals surface area contributed by atoms with Gasteiger partial charge >= 0.3 is 0 Å². The summed E-state index contributed by atoms with van der Waals surface area (Å²) in [5.74, 6) is 2.87. The van der Waals surface area contributed by atoms with E-state index < -0.39 is 0 Å². The summed E-state index contributed by atoms with van der Waals surface area (Å²) in [6.07, 6.45) is 1.58. The van der Waals surface area contributed by atoms with Crippen LogP contribution in [-0.4, -0.2) is 37.3 Å². The molecule has 170 valence electrons. The first-order valence-corrected chi connectivity index (χ1v) is 10.2. The van der Waals surface area contributed by atoms with Crippen LogP contribution in [0.2, 0.25) is 0 Å². The Bertz CT molecular complexity index is 1220. The molecule has 0 N–H and O–H groups in total. The van der Waals surface area contributed by atoms with E-state index in [4.69, 9.17) is 23.2 Å². The Labute approximate surface area is 191 Å². The van der Waals surface area contributed by atoms with E-state index in [0.29, 0.717) is 40.0 Å². The van der Waals surface area contributed by atoms with Crippen molar-refractivity contribution < 1.29 is 27.9 Å². The number of hydrogen-bond donors (Lipinski definition) is 0. The van der Waals surface area contributed by atoms with Gasteiger partial charge in [-0.25, -0.2) is 0 Å². The quantitative estimate of drug-likeness (QED) is 0.363. The largest absolute Gasteiger partial charge is 0.497 e. The predicted octanol–water partition coefficient (Wildman–Crippen LogP) is 4.80. The van der Waals surface area contributed by atoms with Crippen molar-refractivity contribution in [1.82, 2.24) is 10.1 Å². The monoisotopic (exact) mass is 448 g/mol. The maximum Gasteiger partial charge on any atom is 0.254 e. The molecule has 4 rings (SSSR count).